The smallest absolute Gasteiger partial charge is 0.190 e. The van der Waals surface area contributed by atoms with Crippen LogP contribution < -0.4 is 0 Å². The average Bonchev–Trinajstić information content (AvgIpc) is 2.51. The third kappa shape index (κ3) is 2.46. The summed E-state index contributed by atoms with van der Waals surface area (Å²) in [6.07, 6.45) is 2.11. The van der Waals surface area contributed by atoms with Gasteiger partial charge in [-0.2, -0.15) is 0 Å². The summed E-state index contributed by atoms with van der Waals surface area (Å²) >= 11 is 3.75. The lowest BCUT2D eigenvalue weighted by atomic mass is 9.73. The Labute approximate surface area is 140 Å². The van der Waals surface area contributed by atoms with Crippen molar-refractivity contribution in [3.8, 4) is 0 Å². The fraction of sp³-hybridized carbons (Fsp3) is 0.250. The number of hydrogen-bond donors (Lipinski definition) is 0. The number of halogens is 1. The van der Waals surface area contributed by atoms with Crippen molar-refractivity contribution < 1.29 is 4.79 Å². The summed E-state index contributed by atoms with van der Waals surface area (Å²) in [7, 11) is 0. The fourth-order valence-electron chi connectivity index (χ4n) is 3.16. The number of hydrogen-bond acceptors (Lipinski definition) is 1. The van der Waals surface area contributed by atoms with E-state index in [1.165, 1.54) is 5.56 Å². The molecule has 0 saturated carbocycles. The first-order chi connectivity index (χ1) is 10.4. The lowest BCUT2D eigenvalue weighted by molar-refractivity contribution is 0.102. The molecule has 0 heterocycles. The van der Waals surface area contributed by atoms with E-state index < -0.39 is 0 Å². The molecule has 22 heavy (non-hydrogen) atoms. The Kier molecular flexibility index (Phi) is 3.82. The first kappa shape index (κ1) is 15.2. The summed E-state index contributed by atoms with van der Waals surface area (Å²) in [4.78, 5) is 12.9. The number of alkyl halides is 1. The molecule has 2 aromatic rings. The van der Waals surface area contributed by atoms with Gasteiger partial charge in [0.15, 0.2) is 5.78 Å². The first-order valence-corrected chi connectivity index (χ1v) is 8.40. The van der Waals surface area contributed by atoms with Crippen molar-refractivity contribution in [3.63, 3.8) is 0 Å². The van der Waals surface area contributed by atoms with Crippen LogP contribution in [0.2, 0.25) is 0 Å². The van der Waals surface area contributed by atoms with Crippen LogP contribution in [0.15, 0.2) is 60.2 Å². The summed E-state index contributed by atoms with van der Waals surface area (Å²) in [5.74, 6) is 0.125. The summed E-state index contributed by atoms with van der Waals surface area (Å²) < 4.78 is 0. The molecule has 0 N–H and O–H groups in total. The molecule has 0 unspecified atom stereocenters. The molecule has 1 nitrogen and oxygen atoms in total. The van der Waals surface area contributed by atoms with Crippen LogP contribution >= 0.6 is 15.9 Å². The molecule has 2 heteroatoms. The standard InChI is InChI=1S/C20H19BrO/c1-13-8-4-5-9-14(13)18(21)16-12-20(2,3)17-11-7-6-10-15(17)19(16)22/h4-12,18H,1-3H3/t18-/m1/s1. The second kappa shape index (κ2) is 5.51. The number of carbonyl (C=O) groups is 1. The number of aryl methyl sites for hydroxylation is 1. The van der Waals surface area contributed by atoms with E-state index in [0.717, 1.165) is 22.3 Å². The van der Waals surface area contributed by atoms with Crippen LogP contribution in [0.1, 0.15) is 45.7 Å². The zero-order valence-corrected chi connectivity index (χ0v) is 14.6. The molecule has 1 aliphatic carbocycles. The molecule has 0 amide bonds. The minimum atomic E-state index is -0.144. The SMILES string of the molecule is Cc1ccccc1[C@@H](Br)C1=CC(C)(C)c2ccccc2C1=O. The Balaban J connectivity index is 2.11. The molecule has 112 valence electrons. The Morgan fingerprint density at radius 1 is 1.00 bits per heavy atom. The van der Waals surface area contributed by atoms with Gasteiger partial charge < -0.3 is 0 Å². The average molecular weight is 355 g/mol. The first-order valence-electron chi connectivity index (χ1n) is 7.48. The van der Waals surface area contributed by atoms with E-state index >= 15 is 0 Å². The highest BCUT2D eigenvalue weighted by atomic mass is 79.9. The van der Waals surface area contributed by atoms with Crippen LogP contribution in [0.3, 0.4) is 0 Å². The second-order valence-corrected chi connectivity index (χ2v) is 7.33. The van der Waals surface area contributed by atoms with Crippen LogP contribution in [0.5, 0.6) is 0 Å². The van der Waals surface area contributed by atoms with Gasteiger partial charge in [-0.3, -0.25) is 4.79 Å². The topological polar surface area (TPSA) is 17.1 Å². The molecular formula is C20H19BrO. The largest absolute Gasteiger partial charge is 0.289 e. The summed E-state index contributed by atoms with van der Waals surface area (Å²) in [5, 5.41) is 0. The van der Waals surface area contributed by atoms with E-state index in [0.29, 0.717) is 0 Å². The van der Waals surface area contributed by atoms with Gasteiger partial charge in [0.2, 0.25) is 0 Å². The predicted octanol–water partition coefficient (Wildman–Crippen LogP) is 5.53. The molecule has 1 atom stereocenters. The Morgan fingerprint density at radius 2 is 1.64 bits per heavy atom. The van der Waals surface area contributed by atoms with Gasteiger partial charge in [-0.25, -0.2) is 0 Å². The molecule has 0 aliphatic heterocycles. The van der Waals surface area contributed by atoms with Crippen molar-refractivity contribution in [2.45, 2.75) is 31.0 Å². The highest BCUT2D eigenvalue weighted by Gasteiger charge is 2.34. The fourth-order valence-corrected chi connectivity index (χ4v) is 4.01. The van der Waals surface area contributed by atoms with Crippen molar-refractivity contribution >= 4 is 21.7 Å². The minimum Gasteiger partial charge on any atom is -0.289 e. The Bertz CT molecular complexity index is 771. The van der Waals surface area contributed by atoms with Crippen molar-refractivity contribution in [3.05, 3.63) is 82.4 Å². The number of allylic oxidation sites excluding steroid dienone is 2. The molecule has 0 spiro atoms. The maximum absolute atomic E-state index is 12.9. The van der Waals surface area contributed by atoms with Crippen LogP contribution in [0, 0.1) is 6.92 Å². The van der Waals surface area contributed by atoms with E-state index in [1.807, 2.05) is 30.3 Å². The van der Waals surface area contributed by atoms with E-state index in [1.54, 1.807) is 0 Å². The number of carbonyl (C=O) groups excluding carboxylic acids is 1. The van der Waals surface area contributed by atoms with Gasteiger partial charge in [0.25, 0.3) is 0 Å². The van der Waals surface area contributed by atoms with Crippen LogP contribution in [-0.2, 0) is 5.41 Å². The molecule has 0 radical (unpaired) electrons. The maximum atomic E-state index is 12.9. The highest BCUT2D eigenvalue weighted by molar-refractivity contribution is 9.09. The van der Waals surface area contributed by atoms with Crippen LogP contribution in [0.4, 0.5) is 0 Å². The lowest BCUT2D eigenvalue weighted by Gasteiger charge is -2.31. The van der Waals surface area contributed by atoms with Crippen molar-refractivity contribution in [2.24, 2.45) is 0 Å². The van der Waals surface area contributed by atoms with Crippen LogP contribution in [0.25, 0.3) is 0 Å². The summed E-state index contributed by atoms with van der Waals surface area (Å²) in [6.45, 7) is 6.40. The lowest BCUT2D eigenvalue weighted by Crippen LogP contribution is -2.27. The molecule has 0 bridgehead atoms. The third-order valence-electron chi connectivity index (χ3n) is 4.38. The van der Waals surface area contributed by atoms with Gasteiger partial charge in [0.1, 0.15) is 0 Å². The molecule has 2 aromatic carbocycles. The molecular weight excluding hydrogens is 336 g/mol. The monoisotopic (exact) mass is 354 g/mol. The van der Waals surface area contributed by atoms with Gasteiger partial charge in [-0.15, -0.1) is 0 Å². The molecule has 0 aromatic heterocycles. The number of fused-ring (bicyclic) bond motifs is 1. The van der Waals surface area contributed by atoms with Gasteiger partial charge in [-0.05, 0) is 23.6 Å². The molecule has 0 saturated heterocycles. The minimum absolute atomic E-state index is 0.0752. The summed E-state index contributed by atoms with van der Waals surface area (Å²) in [5.41, 5.74) is 4.95. The van der Waals surface area contributed by atoms with E-state index in [2.05, 4.69) is 61.0 Å². The Morgan fingerprint density at radius 3 is 2.36 bits per heavy atom. The van der Waals surface area contributed by atoms with Gasteiger partial charge >= 0.3 is 0 Å². The van der Waals surface area contributed by atoms with Crippen molar-refractivity contribution in [1.82, 2.24) is 0 Å². The number of ketones is 1. The summed E-state index contributed by atoms with van der Waals surface area (Å²) in [6, 6.07) is 16.1. The van der Waals surface area contributed by atoms with E-state index in [4.69, 9.17) is 0 Å². The number of rotatable bonds is 2. The number of Topliss-reactive ketones (excluding diaryl/α,β-unsaturated/α-hetero) is 1. The van der Waals surface area contributed by atoms with E-state index in [9.17, 15) is 4.79 Å². The maximum Gasteiger partial charge on any atom is 0.190 e. The van der Waals surface area contributed by atoms with Crippen LogP contribution in [-0.4, -0.2) is 5.78 Å². The van der Waals surface area contributed by atoms with Gasteiger partial charge in [0, 0.05) is 16.6 Å². The highest BCUT2D eigenvalue weighted by Crippen LogP contribution is 2.42. The van der Waals surface area contributed by atoms with Crippen molar-refractivity contribution in [1.29, 1.82) is 0 Å². The quantitative estimate of drug-likeness (QED) is 0.647. The van der Waals surface area contributed by atoms with Crippen molar-refractivity contribution in [2.75, 3.05) is 0 Å². The van der Waals surface area contributed by atoms with Gasteiger partial charge in [-0.1, -0.05) is 84.4 Å². The molecule has 1 aliphatic rings. The second-order valence-electron chi connectivity index (χ2n) is 6.42. The zero-order chi connectivity index (χ0) is 15.9. The number of benzene rings is 2. The zero-order valence-electron chi connectivity index (χ0n) is 13.1. The van der Waals surface area contributed by atoms with E-state index in [-0.39, 0.29) is 16.0 Å². The molecule has 0 fully saturated rings. The Hall–Kier alpha value is -1.67. The third-order valence-corrected chi connectivity index (χ3v) is 5.37. The predicted molar refractivity (Wildman–Crippen MR) is 94.7 cm³/mol. The molecule has 3 rings (SSSR count). The van der Waals surface area contributed by atoms with Gasteiger partial charge in [0.05, 0.1) is 4.83 Å². The normalized spacial score (nSPS) is 17.6.